The van der Waals surface area contributed by atoms with Gasteiger partial charge in [-0.1, -0.05) is 36.5 Å². The summed E-state index contributed by atoms with van der Waals surface area (Å²) < 4.78 is 0. The zero-order chi connectivity index (χ0) is 15.9. The molecule has 1 N–H and O–H groups in total. The molecule has 1 atom stereocenters. The van der Waals surface area contributed by atoms with Crippen molar-refractivity contribution in [2.24, 2.45) is 0 Å². The monoisotopic (exact) mass is 295 g/mol. The van der Waals surface area contributed by atoms with E-state index >= 15 is 0 Å². The van der Waals surface area contributed by atoms with Crippen molar-refractivity contribution < 1.29 is 14.8 Å². The highest BCUT2D eigenvalue weighted by Crippen LogP contribution is 2.11. The fourth-order valence-electron chi connectivity index (χ4n) is 1.82. The molecule has 0 radical (unpaired) electrons. The van der Waals surface area contributed by atoms with Gasteiger partial charge in [0.1, 0.15) is 0 Å². The topological polar surface area (TPSA) is 80.4 Å². The van der Waals surface area contributed by atoms with Crippen molar-refractivity contribution >= 4 is 5.97 Å². The predicted octanol–water partition coefficient (Wildman–Crippen LogP) is 4.14. The van der Waals surface area contributed by atoms with Crippen molar-refractivity contribution in [3.63, 3.8) is 0 Å². The molecule has 118 valence electrons. The van der Waals surface area contributed by atoms with Crippen LogP contribution in [-0.2, 0) is 4.79 Å². The van der Waals surface area contributed by atoms with Crippen molar-refractivity contribution in [2.75, 3.05) is 0 Å². The van der Waals surface area contributed by atoms with Crippen LogP contribution in [0.4, 0.5) is 0 Å². The first-order chi connectivity index (χ1) is 10.1. The van der Waals surface area contributed by atoms with Gasteiger partial charge in [-0.3, -0.25) is 14.9 Å². The van der Waals surface area contributed by atoms with Crippen LogP contribution in [0, 0.1) is 10.1 Å². The number of carboxylic acid groups (broad SMARTS) is 1. The zero-order valence-electron chi connectivity index (χ0n) is 12.6. The summed E-state index contributed by atoms with van der Waals surface area (Å²) in [5.41, 5.74) is 0. The predicted molar refractivity (Wildman–Crippen MR) is 83.8 cm³/mol. The molecule has 1 unspecified atom stereocenters. The number of hydrogen-bond acceptors (Lipinski definition) is 3. The van der Waals surface area contributed by atoms with Crippen molar-refractivity contribution in [3.05, 3.63) is 46.6 Å². The third-order valence-electron chi connectivity index (χ3n) is 3.01. The van der Waals surface area contributed by atoms with E-state index in [0.717, 1.165) is 19.3 Å². The Balaban J connectivity index is 3.76. The summed E-state index contributed by atoms with van der Waals surface area (Å²) in [6.45, 7) is 1.99. The Labute approximate surface area is 126 Å². The number of rotatable bonds is 12. The molecule has 0 aromatic rings. The lowest BCUT2D eigenvalue weighted by atomic mass is 10.0. The van der Waals surface area contributed by atoms with Gasteiger partial charge in [0, 0.05) is 17.8 Å². The first-order valence-electron chi connectivity index (χ1n) is 7.34. The summed E-state index contributed by atoms with van der Waals surface area (Å²) in [6, 6.07) is -0.741. The van der Waals surface area contributed by atoms with Gasteiger partial charge in [0.25, 0.3) is 0 Å². The van der Waals surface area contributed by atoms with Crippen LogP contribution in [0.3, 0.4) is 0 Å². The van der Waals surface area contributed by atoms with Crippen LogP contribution in [-0.4, -0.2) is 22.0 Å². The molecule has 0 aromatic carbocycles. The lowest BCUT2D eigenvalue weighted by Gasteiger charge is -2.06. The van der Waals surface area contributed by atoms with E-state index in [2.05, 4.69) is 18.2 Å². The molecule has 0 fully saturated rings. The summed E-state index contributed by atoms with van der Waals surface area (Å²) in [5, 5.41) is 19.3. The Morgan fingerprint density at radius 3 is 2.33 bits per heavy atom. The largest absolute Gasteiger partial charge is 0.481 e. The second kappa shape index (κ2) is 13.1. The van der Waals surface area contributed by atoms with E-state index in [4.69, 9.17) is 5.11 Å². The second-order valence-corrected chi connectivity index (χ2v) is 4.79. The number of nitro groups is 1. The minimum absolute atomic E-state index is 0.111. The Morgan fingerprint density at radius 1 is 1.14 bits per heavy atom. The average Bonchev–Trinajstić information content (AvgIpc) is 2.43. The van der Waals surface area contributed by atoms with Crippen molar-refractivity contribution in [1.82, 2.24) is 0 Å². The summed E-state index contributed by atoms with van der Waals surface area (Å²) >= 11 is 0. The van der Waals surface area contributed by atoms with Gasteiger partial charge in [-0.05, 0) is 32.6 Å². The van der Waals surface area contributed by atoms with Crippen LogP contribution in [0.2, 0.25) is 0 Å². The lowest BCUT2D eigenvalue weighted by molar-refractivity contribution is -0.524. The van der Waals surface area contributed by atoms with Gasteiger partial charge in [0.2, 0.25) is 6.04 Å². The highest BCUT2D eigenvalue weighted by atomic mass is 16.6. The smallest absolute Gasteiger partial charge is 0.303 e. The van der Waals surface area contributed by atoms with Gasteiger partial charge in [-0.25, -0.2) is 0 Å². The number of unbranched alkanes of at least 4 members (excludes halogenated alkanes) is 1. The van der Waals surface area contributed by atoms with E-state index < -0.39 is 12.0 Å². The molecular weight excluding hydrogens is 270 g/mol. The van der Waals surface area contributed by atoms with Crippen LogP contribution in [0.15, 0.2) is 36.5 Å². The summed E-state index contributed by atoms with van der Waals surface area (Å²) in [4.78, 5) is 20.8. The number of nitrogens with zero attached hydrogens (tertiary/aromatic N) is 1. The van der Waals surface area contributed by atoms with Crippen LogP contribution in [0.25, 0.3) is 0 Å². The molecule has 5 nitrogen and oxygen atoms in total. The molecule has 0 aliphatic carbocycles. The number of hydrogen-bond donors (Lipinski definition) is 1. The van der Waals surface area contributed by atoms with E-state index in [9.17, 15) is 14.9 Å². The highest BCUT2D eigenvalue weighted by molar-refractivity contribution is 5.66. The quantitative estimate of drug-likeness (QED) is 0.254. The Hall–Kier alpha value is -1.91. The number of carboxylic acids is 1. The van der Waals surface area contributed by atoms with E-state index in [1.165, 1.54) is 0 Å². The average molecular weight is 295 g/mol. The minimum Gasteiger partial charge on any atom is -0.481 e. The van der Waals surface area contributed by atoms with Crippen molar-refractivity contribution in [1.29, 1.82) is 0 Å². The molecule has 0 aliphatic heterocycles. The van der Waals surface area contributed by atoms with Gasteiger partial charge < -0.3 is 5.11 Å². The first-order valence-corrected chi connectivity index (χ1v) is 7.34. The normalized spacial score (nSPS) is 13.4. The van der Waals surface area contributed by atoms with Crippen LogP contribution in [0.5, 0.6) is 0 Å². The maximum absolute atomic E-state index is 10.8. The van der Waals surface area contributed by atoms with Crippen molar-refractivity contribution in [2.45, 2.75) is 57.9 Å². The molecule has 0 rings (SSSR count). The molecule has 0 amide bonds. The molecule has 0 spiro atoms. The van der Waals surface area contributed by atoms with E-state index in [1.807, 2.05) is 25.2 Å². The molecular formula is C16H25NO4. The molecule has 0 bridgehead atoms. The summed E-state index contributed by atoms with van der Waals surface area (Å²) in [6.07, 6.45) is 16.1. The molecule has 0 saturated heterocycles. The fourth-order valence-corrected chi connectivity index (χ4v) is 1.82. The summed E-state index contributed by atoms with van der Waals surface area (Å²) in [7, 11) is 0. The SMILES string of the molecule is C/C=C\C/C=C\C/C=C\CCCC(CCC(=O)O)[N+](=O)[O-]. The second-order valence-electron chi connectivity index (χ2n) is 4.79. The molecule has 0 aliphatic rings. The van der Waals surface area contributed by atoms with E-state index in [1.54, 1.807) is 0 Å². The highest BCUT2D eigenvalue weighted by Gasteiger charge is 2.20. The standard InChI is InChI=1S/C16H25NO4/c1-2-3-4-5-6-7-8-9-10-11-12-15(17(20)21)13-14-16(18)19/h2-3,5-6,8-9,15H,4,7,10-14H2,1H3,(H,18,19)/b3-2-,6-5-,9-8-. The molecule has 21 heavy (non-hydrogen) atoms. The van der Waals surface area contributed by atoms with Crippen LogP contribution >= 0.6 is 0 Å². The zero-order valence-corrected chi connectivity index (χ0v) is 12.6. The maximum Gasteiger partial charge on any atom is 0.303 e. The van der Waals surface area contributed by atoms with Gasteiger partial charge in [-0.15, -0.1) is 0 Å². The Morgan fingerprint density at radius 2 is 1.76 bits per heavy atom. The number of allylic oxidation sites excluding steroid dienone is 6. The van der Waals surface area contributed by atoms with Gasteiger partial charge in [0.15, 0.2) is 0 Å². The number of aliphatic carboxylic acids is 1. The van der Waals surface area contributed by atoms with E-state index in [0.29, 0.717) is 12.8 Å². The Kier molecular flexibility index (Phi) is 11.9. The summed E-state index contributed by atoms with van der Waals surface area (Å²) in [5.74, 6) is -0.980. The van der Waals surface area contributed by atoms with Gasteiger partial charge >= 0.3 is 5.97 Å². The molecule has 0 heterocycles. The number of carbonyl (C=O) groups is 1. The van der Waals surface area contributed by atoms with Crippen molar-refractivity contribution in [3.8, 4) is 0 Å². The van der Waals surface area contributed by atoms with Crippen LogP contribution in [0.1, 0.15) is 51.9 Å². The van der Waals surface area contributed by atoms with Crippen LogP contribution < -0.4 is 0 Å². The third-order valence-corrected chi connectivity index (χ3v) is 3.01. The van der Waals surface area contributed by atoms with E-state index in [-0.39, 0.29) is 17.8 Å². The first kappa shape index (κ1) is 19.1. The van der Waals surface area contributed by atoms with Gasteiger partial charge in [0.05, 0.1) is 6.42 Å². The lowest BCUT2D eigenvalue weighted by Crippen LogP contribution is -2.20. The Bertz CT molecular complexity index is 386. The molecule has 5 heteroatoms. The fraction of sp³-hybridized carbons (Fsp3) is 0.562. The van der Waals surface area contributed by atoms with Gasteiger partial charge in [-0.2, -0.15) is 0 Å². The third kappa shape index (κ3) is 12.9. The maximum atomic E-state index is 10.8. The molecule has 0 saturated carbocycles. The molecule has 0 aromatic heterocycles. The minimum atomic E-state index is -0.980.